The van der Waals surface area contributed by atoms with Crippen LogP contribution in [0.15, 0.2) is 29.0 Å². The SMILES string of the molecule is Cn1cnnc1CCNC(=O)c1cc(Cl)cc(Br)c1. The van der Waals surface area contributed by atoms with E-state index < -0.39 is 0 Å². The van der Waals surface area contributed by atoms with Crippen molar-refractivity contribution in [3.05, 3.63) is 45.4 Å². The predicted molar refractivity (Wildman–Crippen MR) is 76.2 cm³/mol. The fraction of sp³-hybridized carbons (Fsp3) is 0.250. The Morgan fingerprint density at radius 1 is 1.47 bits per heavy atom. The lowest BCUT2D eigenvalue weighted by molar-refractivity contribution is 0.0954. The molecule has 1 aromatic carbocycles. The molecule has 0 aliphatic carbocycles. The van der Waals surface area contributed by atoms with E-state index in [1.54, 1.807) is 24.5 Å². The summed E-state index contributed by atoms with van der Waals surface area (Å²) in [7, 11) is 1.87. The lowest BCUT2D eigenvalue weighted by Gasteiger charge is -2.06. The standard InChI is InChI=1S/C12H12BrClN4O/c1-18-7-16-17-11(18)2-3-15-12(19)8-4-9(13)6-10(14)5-8/h4-7H,2-3H2,1H3,(H,15,19). The van der Waals surface area contributed by atoms with Crippen molar-refractivity contribution in [2.24, 2.45) is 7.05 Å². The van der Waals surface area contributed by atoms with Gasteiger partial charge in [-0.2, -0.15) is 0 Å². The van der Waals surface area contributed by atoms with Gasteiger partial charge < -0.3 is 9.88 Å². The number of hydrogen-bond donors (Lipinski definition) is 1. The van der Waals surface area contributed by atoms with Gasteiger partial charge in [0.2, 0.25) is 0 Å². The largest absolute Gasteiger partial charge is 0.352 e. The van der Waals surface area contributed by atoms with Gasteiger partial charge in [0.15, 0.2) is 0 Å². The monoisotopic (exact) mass is 342 g/mol. The maximum absolute atomic E-state index is 11.9. The van der Waals surface area contributed by atoms with Crippen LogP contribution >= 0.6 is 27.5 Å². The minimum Gasteiger partial charge on any atom is -0.352 e. The molecule has 7 heteroatoms. The molecule has 0 aliphatic heterocycles. The van der Waals surface area contributed by atoms with Crippen LogP contribution in [0.1, 0.15) is 16.2 Å². The average Bonchev–Trinajstić information content (AvgIpc) is 2.74. The molecule has 1 heterocycles. The topological polar surface area (TPSA) is 59.8 Å². The van der Waals surface area contributed by atoms with E-state index in [0.717, 1.165) is 10.3 Å². The average molecular weight is 344 g/mol. The molecular formula is C12H12BrClN4O. The molecule has 0 atom stereocenters. The van der Waals surface area contributed by atoms with Crippen molar-refractivity contribution < 1.29 is 4.79 Å². The number of carbonyl (C=O) groups excluding carboxylic acids is 1. The highest BCUT2D eigenvalue weighted by atomic mass is 79.9. The normalized spacial score (nSPS) is 10.5. The Labute approximate surface area is 124 Å². The third-order valence-electron chi connectivity index (χ3n) is 2.56. The molecule has 0 saturated carbocycles. The van der Waals surface area contributed by atoms with Crippen LogP contribution in [0.3, 0.4) is 0 Å². The van der Waals surface area contributed by atoms with Crippen LogP contribution < -0.4 is 5.32 Å². The van der Waals surface area contributed by atoms with Crippen molar-refractivity contribution in [2.45, 2.75) is 6.42 Å². The molecule has 2 aromatic rings. The third-order valence-corrected chi connectivity index (χ3v) is 3.24. The number of nitrogens with one attached hydrogen (secondary N) is 1. The van der Waals surface area contributed by atoms with E-state index in [1.165, 1.54) is 0 Å². The second-order valence-corrected chi connectivity index (χ2v) is 5.37. The molecule has 0 fully saturated rings. The predicted octanol–water partition coefficient (Wildman–Crippen LogP) is 2.20. The molecule has 2 rings (SSSR count). The fourth-order valence-electron chi connectivity index (χ4n) is 1.61. The molecular weight excluding hydrogens is 332 g/mol. The molecule has 0 aliphatic rings. The van der Waals surface area contributed by atoms with Crippen molar-refractivity contribution in [3.63, 3.8) is 0 Å². The molecule has 5 nitrogen and oxygen atoms in total. The second kappa shape index (κ2) is 6.16. The smallest absolute Gasteiger partial charge is 0.251 e. The van der Waals surface area contributed by atoms with Gasteiger partial charge >= 0.3 is 0 Å². The number of rotatable bonds is 4. The van der Waals surface area contributed by atoms with Gasteiger partial charge in [-0.25, -0.2) is 0 Å². The third kappa shape index (κ3) is 3.78. The van der Waals surface area contributed by atoms with Crippen molar-refractivity contribution in [1.29, 1.82) is 0 Å². The Morgan fingerprint density at radius 2 is 2.26 bits per heavy atom. The minimum absolute atomic E-state index is 0.162. The van der Waals surface area contributed by atoms with E-state index in [-0.39, 0.29) is 5.91 Å². The van der Waals surface area contributed by atoms with E-state index in [2.05, 4.69) is 31.4 Å². The molecule has 0 unspecified atom stereocenters. The zero-order valence-electron chi connectivity index (χ0n) is 10.2. The van der Waals surface area contributed by atoms with Crippen molar-refractivity contribution >= 4 is 33.4 Å². The molecule has 100 valence electrons. The van der Waals surface area contributed by atoms with Crippen LogP contribution in [0.2, 0.25) is 5.02 Å². The highest BCUT2D eigenvalue weighted by Crippen LogP contribution is 2.19. The maximum atomic E-state index is 11.9. The summed E-state index contributed by atoms with van der Waals surface area (Å²) in [6.45, 7) is 0.496. The summed E-state index contributed by atoms with van der Waals surface area (Å²) in [5, 5.41) is 11.1. The molecule has 1 amide bonds. The number of amides is 1. The minimum atomic E-state index is -0.162. The lowest BCUT2D eigenvalue weighted by atomic mass is 10.2. The molecule has 19 heavy (non-hydrogen) atoms. The van der Waals surface area contributed by atoms with Gasteiger partial charge in [0.05, 0.1) is 0 Å². The number of benzene rings is 1. The number of carbonyl (C=O) groups is 1. The number of halogens is 2. The fourth-order valence-corrected chi connectivity index (χ4v) is 2.47. The van der Waals surface area contributed by atoms with E-state index in [4.69, 9.17) is 11.6 Å². The first-order valence-electron chi connectivity index (χ1n) is 5.63. The van der Waals surface area contributed by atoms with Crippen molar-refractivity contribution in [3.8, 4) is 0 Å². The summed E-state index contributed by atoms with van der Waals surface area (Å²) in [6.07, 6.45) is 2.26. The highest BCUT2D eigenvalue weighted by Gasteiger charge is 2.08. The highest BCUT2D eigenvalue weighted by molar-refractivity contribution is 9.10. The number of nitrogens with zero attached hydrogens (tertiary/aromatic N) is 3. The Morgan fingerprint density at radius 3 is 2.89 bits per heavy atom. The van der Waals surface area contributed by atoms with Gasteiger partial charge in [0, 0.05) is 35.1 Å². The van der Waals surface area contributed by atoms with E-state index in [9.17, 15) is 4.79 Å². The first kappa shape index (κ1) is 14.0. The Balaban J connectivity index is 1.92. The lowest BCUT2D eigenvalue weighted by Crippen LogP contribution is -2.26. The van der Waals surface area contributed by atoms with Crippen LogP contribution in [-0.2, 0) is 13.5 Å². The van der Waals surface area contributed by atoms with Crippen LogP contribution in [-0.4, -0.2) is 27.2 Å². The molecule has 0 radical (unpaired) electrons. The summed E-state index contributed by atoms with van der Waals surface area (Å²) >= 11 is 9.20. The Hall–Kier alpha value is -1.40. The van der Waals surface area contributed by atoms with Gasteiger partial charge in [0.25, 0.3) is 5.91 Å². The molecule has 0 bridgehead atoms. The summed E-state index contributed by atoms with van der Waals surface area (Å²) in [4.78, 5) is 11.9. The molecule has 0 spiro atoms. The summed E-state index contributed by atoms with van der Waals surface area (Å²) < 4.78 is 2.60. The van der Waals surface area contributed by atoms with Gasteiger partial charge in [-0.15, -0.1) is 10.2 Å². The van der Waals surface area contributed by atoms with Gasteiger partial charge in [-0.05, 0) is 18.2 Å². The van der Waals surface area contributed by atoms with E-state index in [0.29, 0.717) is 23.6 Å². The molecule has 1 aromatic heterocycles. The van der Waals surface area contributed by atoms with Crippen molar-refractivity contribution in [1.82, 2.24) is 20.1 Å². The first-order valence-corrected chi connectivity index (χ1v) is 6.80. The molecule has 1 N–H and O–H groups in total. The van der Waals surface area contributed by atoms with Crippen LogP contribution in [0.4, 0.5) is 0 Å². The van der Waals surface area contributed by atoms with Crippen molar-refractivity contribution in [2.75, 3.05) is 6.54 Å². The summed E-state index contributed by atoms with van der Waals surface area (Å²) in [5.41, 5.74) is 0.525. The Kier molecular flexibility index (Phi) is 4.55. The number of hydrogen-bond acceptors (Lipinski definition) is 3. The Bertz CT molecular complexity index is 579. The maximum Gasteiger partial charge on any atom is 0.251 e. The first-order chi connectivity index (χ1) is 9.06. The van der Waals surface area contributed by atoms with Crippen LogP contribution in [0, 0.1) is 0 Å². The van der Waals surface area contributed by atoms with Crippen LogP contribution in [0.25, 0.3) is 0 Å². The van der Waals surface area contributed by atoms with Gasteiger partial charge in [0.1, 0.15) is 12.2 Å². The van der Waals surface area contributed by atoms with E-state index in [1.807, 2.05) is 11.6 Å². The van der Waals surface area contributed by atoms with E-state index >= 15 is 0 Å². The zero-order chi connectivity index (χ0) is 13.8. The molecule has 0 saturated heterocycles. The van der Waals surface area contributed by atoms with Crippen LogP contribution in [0.5, 0.6) is 0 Å². The number of aryl methyl sites for hydroxylation is 1. The van der Waals surface area contributed by atoms with Gasteiger partial charge in [-0.1, -0.05) is 27.5 Å². The zero-order valence-corrected chi connectivity index (χ0v) is 12.6. The summed E-state index contributed by atoms with van der Waals surface area (Å²) in [6, 6.07) is 5.09. The van der Waals surface area contributed by atoms with Gasteiger partial charge in [-0.3, -0.25) is 4.79 Å². The number of aromatic nitrogens is 3. The summed E-state index contributed by atoms with van der Waals surface area (Å²) in [5.74, 6) is 0.665. The second-order valence-electron chi connectivity index (χ2n) is 4.02. The quantitative estimate of drug-likeness (QED) is 0.926.